The molecule has 1 heterocycles. The van der Waals surface area contributed by atoms with Crippen molar-refractivity contribution in [2.75, 3.05) is 13.2 Å². The topological polar surface area (TPSA) is 95.9 Å². The summed E-state index contributed by atoms with van der Waals surface area (Å²) in [6.07, 6.45) is 5.12. The number of nitrogens with one attached hydrogen (secondary N) is 1. The molecule has 2 N–H and O–H groups in total. The third kappa shape index (κ3) is 3.65. The second-order valence-corrected chi connectivity index (χ2v) is 6.24. The van der Waals surface area contributed by atoms with Gasteiger partial charge in [0.25, 0.3) is 5.91 Å². The minimum Gasteiger partial charge on any atom is -0.463 e. The van der Waals surface area contributed by atoms with Gasteiger partial charge in [0.15, 0.2) is 0 Å². The molecule has 0 aromatic heterocycles. The molecule has 1 saturated heterocycles. The van der Waals surface area contributed by atoms with E-state index in [0.717, 1.165) is 17.7 Å². The number of nitrogens with zero attached hydrogens (tertiary/aromatic N) is 1. The van der Waals surface area contributed by atoms with Crippen LogP contribution in [0.5, 0.6) is 0 Å². The van der Waals surface area contributed by atoms with Gasteiger partial charge >= 0.3 is 12.0 Å². The largest absolute Gasteiger partial charge is 0.463 e. The van der Waals surface area contributed by atoms with Gasteiger partial charge in [-0.2, -0.15) is 0 Å². The first-order chi connectivity index (χ1) is 10.3. The molecule has 2 atom stereocenters. The summed E-state index contributed by atoms with van der Waals surface area (Å²) >= 11 is 0. The second kappa shape index (κ2) is 6.48. The number of hydrogen-bond acceptors (Lipinski definition) is 5. The van der Waals surface area contributed by atoms with E-state index in [4.69, 9.17) is 4.74 Å². The standard InChI is InChI=1S/C15H22N2O5/c1-15(2)13(20)17(14(21)16-15)8-11(18)9-22-12(19)10-6-4-3-5-7-10/h3-4,10-11,18H,5-9H2,1-2H3,(H,16,21). The number of urea groups is 1. The predicted molar refractivity (Wildman–Crippen MR) is 77.8 cm³/mol. The molecule has 0 radical (unpaired) electrons. The molecule has 2 unspecified atom stereocenters. The number of carbonyl (C=O) groups excluding carboxylic acids is 3. The summed E-state index contributed by atoms with van der Waals surface area (Å²) < 4.78 is 5.08. The van der Waals surface area contributed by atoms with Crippen molar-refractivity contribution in [2.24, 2.45) is 5.92 Å². The van der Waals surface area contributed by atoms with Crippen LogP contribution in [-0.4, -0.2) is 52.7 Å². The Morgan fingerprint density at radius 3 is 2.77 bits per heavy atom. The number of aliphatic hydroxyl groups excluding tert-OH is 1. The summed E-state index contributed by atoms with van der Waals surface area (Å²) in [7, 11) is 0. The van der Waals surface area contributed by atoms with Crippen LogP contribution in [0.3, 0.4) is 0 Å². The van der Waals surface area contributed by atoms with Gasteiger partial charge in [0, 0.05) is 0 Å². The van der Waals surface area contributed by atoms with Crippen LogP contribution in [0, 0.1) is 5.92 Å². The summed E-state index contributed by atoms with van der Waals surface area (Å²) in [6, 6.07) is -0.544. The summed E-state index contributed by atoms with van der Waals surface area (Å²) in [4.78, 5) is 36.5. The highest BCUT2D eigenvalue weighted by atomic mass is 16.5. The molecule has 122 valence electrons. The average Bonchev–Trinajstić information content (AvgIpc) is 2.67. The van der Waals surface area contributed by atoms with Gasteiger partial charge in [-0.1, -0.05) is 12.2 Å². The summed E-state index contributed by atoms with van der Waals surface area (Å²) in [5.74, 6) is -0.922. The van der Waals surface area contributed by atoms with Crippen molar-refractivity contribution in [3.8, 4) is 0 Å². The van der Waals surface area contributed by atoms with Crippen LogP contribution in [0.25, 0.3) is 0 Å². The highest BCUT2D eigenvalue weighted by Crippen LogP contribution is 2.20. The molecule has 3 amide bonds. The number of ether oxygens (including phenoxy) is 1. The van der Waals surface area contributed by atoms with Crippen LogP contribution < -0.4 is 5.32 Å². The number of rotatable bonds is 5. The molecule has 1 aliphatic heterocycles. The van der Waals surface area contributed by atoms with E-state index in [2.05, 4.69) is 5.32 Å². The Morgan fingerprint density at radius 1 is 1.50 bits per heavy atom. The predicted octanol–water partition coefficient (Wildman–Crippen LogP) is 0.577. The summed E-state index contributed by atoms with van der Waals surface area (Å²) in [6.45, 7) is 2.77. The zero-order chi connectivity index (χ0) is 16.3. The third-order valence-corrected chi connectivity index (χ3v) is 3.86. The van der Waals surface area contributed by atoms with E-state index in [9.17, 15) is 19.5 Å². The Morgan fingerprint density at radius 2 is 2.23 bits per heavy atom. The van der Waals surface area contributed by atoms with Gasteiger partial charge in [-0.3, -0.25) is 14.5 Å². The fourth-order valence-corrected chi connectivity index (χ4v) is 2.55. The molecule has 7 nitrogen and oxygen atoms in total. The van der Waals surface area contributed by atoms with Crippen LogP contribution in [0.15, 0.2) is 12.2 Å². The quantitative estimate of drug-likeness (QED) is 0.440. The van der Waals surface area contributed by atoms with Gasteiger partial charge in [0.1, 0.15) is 18.2 Å². The Kier molecular flexibility index (Phi) is 4.85. The van der Waals surface area contributed by atoms with E-state index in [-0.39, 0.29) is 25.0 Å². The first-order valence-corrected chi connectivity index (χ1v) is 7.45. The highest BCUT2D eigenvalue weighted by molar-refractivity contribution is 6.06. The first-order valence-electron chi connectivity index (χ1n) is 7.45. The van der Waals surface area contributed by atoms with Gasteiger partial charge in [-0.05, 0) is 33.1 Å². The van der Waals surface area contributed by atoms with Crippen molar-refractivity contribution in [1.82, 2.24) is 10.2 Å². The van der Waals surface area contributed by atoms with Crippen molar-refractivity contribution in [1.29, 1.82) is 0 Å². The molecule has 2 aliphatic rings. The van der Waals surface area contributed by atoms with Crippen molar-refractivity contribution >= 4 is 17.9 Å². The number of hydrogen-bond donors (Lipinski definition) is 2. The van der Waals surface area contributed by atoms with E-state index in [1.165, 1.54) is 0 Å². The minimum atomic E-state index is -1.09. The number of carbonyl (C=O) groups is 3. The Hall–Kier alpha value is -1.89. The number of amides is 3. The van der Waals surface area contributed by atoms with Crippen molar-refractivity contribution in [3.05, 3.63) is 12.2 Å². The molecule has 1 fully saturated rings. The Labute approximate surface area is 129 Å². The summed E-state index contributed by atoms with van der Waals surface area (Å²) in [5.41, 5.74) is -0.970. The first kappa shape index (κ1) is 16.5. The fraction of sp³-hybridized carbons (Fsp3) is 0.667. The van der Waals surface area contributed by atoms with E-state index in [0.29, 0.717) is 6.42 Å². The zero-order valence-corrected chi connectivity index (χ0v) is 12.9. The number of esters is 1. The normalized spacial score (nSPS) is 25.0. The summed E-state index contributed by atoms with van der Waals surface area (Å²) in [5, 5.41) is 12.4. The molecule has 1 aliphatic carbocycles. The monoisotopic (exact) mass is 310 g/mol. The second-order valence-electron chi connectivity index (χ2n) is 6.24. The molecule has 7 heteroatoms. The van der Waals surface area contributed by atoms with Crippen LogP contribution in [0.4, 0.5) is 4.79 Å². The minimum absolute atomic E-state index is 0.173. The lowest BCUT2D eigenvalue weighted by atomic mass is 9.95. The average molecular weight is 310 g/mol. The molecule has 0 spiro atoms. The molecule has 22 heavy (non-hydrogen) atoms. The molecular weight excluding hydrogens is 288 g/mol. The molecular formula is C15H22N2O5. The van der Waals surface area contributed by atoms with Crippen LogP contribution in [0.1, 0.15) is 33.1 Å². The van der Waals surface area contributed by atoms with Gasteiger partial charge in [0.2, 0.25) is 0 Å². The van der Waals surface area contributed by atoms with E-state index >= 15 is 0 Å². The van der Waals surface area contributed by atoms with Crippen molar-refractivity contribution in [3.63, 3.8) is 0 Å². The Bertz CT molecular complexity index is 500. The molecule has 0 bridgehead atoms. The van der Waals surface area contributed by atoms with Crippen molar-refractivity contribution in [2.45, 2.75) is 44.8 Å². The smallest absolute Gasteiger partial charge is 0.325 e. The lowest BCUT2D eigenvalue weighted by Crippen LogP contribution is -2.42. The maximum Gasteiger partial charge on any atom is 0.325 e. The lowest BCUT2D eigenvalue weighted by molar-refractivity contribution is -0.152. The maximum absolute atomic E-state index is 12.0. The number of β-amino-alcohol motifs (C(OH)–C–C–N with tert-alkyl or cyclic N) is 1. The van der Waals surface area contributed by atoms with Crippen molar-refractivity contribution < 1.29 is 24.2 Å². The van der Waals surface area contributed by atoms with Crippen LogP contribution >= 0.6 is 0 Å². The highest BCUT2D eigenvalue weighted by Gasteiger charge is 2.44. The Balaban J connectivity index is 1.79. The van der Waals surface area contributed by atoms with Crippen LogP contribution in [0.2, 0.25) is 0 Å². The van der Waals surface area contributed by atoms with Gasteiger partial charge < -0.3 is 15.2 Å². The van der Waals surface area contributed by atoms with E-state index < -0.39 is 23.6 Å². The molecule has 0 saturated carbocycles. The maximum atomic E-state index is 12.0. The van der Waals surface area contributed by atoms with E-state index in [1.54, 1.807) is 13.8 Å². The van der Waals surface area contributed by atoms with Crippen LogP contribution in [-0.2, 0) is 14.3 Å². The zero-order valence-electron chi connectivity index (χ0n) is 12.9. The SMILES string of the molecule is CC1(C)NC(=O)N(CC(O)COC(=O)C2CC=CCC2)C1=O. The lowest BCUT2D eigenvalue weighted by Gasteiger charge is -2.21. The molecule has 2 rings (SSSR count). The molecule has 0 aromatic carbocycles. The fourth-order valence-electron chi connectivity index (χ4n) is 2.55. The molecule has 0 aromatic rings. The number of imide groups is 1. The number of aliphatic hydroxyl groups is 1. The van der Waals surface area contributed by atoms with Gasteiger partial charge in [-0.15, -0.1) is 0 Å². The number of allylic oxidation sites excluding steroid dienone is 2. The van der Waals surface area contributed by atoms with E-state index in [1.807, 2.05) is 12.2 Å². The van der Waals surface area contributed by atoms with Gasteiger partial charge in [-0.25, -0.2) is 4.79 Å². The van der Waals surface area contributed by atoms with Gasteiger partial charge in [0.05, 0.1) is 12.5 Å². The third-order valence-electron chi connectivity index (χ3n) is 3.86.